The Labute approximate surface area is 259 Å². The van der Waals surface area contributed by atoms with Gasteiger partial charge in [-0.1, -0.05) is 26.8 Å². The molecule has 1 aromatic carbocycles. The van der Waals surface area contributed by atoms with Crippen molar-refractivity contribution >= 4 is 37.1 Å². The number of pyridine rings is 2. The maximum atomic E-state index is 12.4. The molecule has 44 heavy (non-hydrogen) atoms. The number of nitriles is 1. The van der Waals surface area contributed by atoms with Gasteiger partial charge in [0.15, 0.2) is 8.32 Å². The SMILES string of the molecule is CC(C)(C)[Si](C)(C)OC1CCC(n2cnc3cc(-c4cc(C5CC5)cc(N(C(=O)O)c5cc(C#N)ccn5)n4)ccc32)CC1. The van der Waals surface area contributed by atoms with Crippen molar-refractivity contribution in [2.24, 2.45) is 0 Å². The Balaban J connectivity index is 1.27. The van der Waals surface area contributed by atoms with E-state index in [1.807, 2.05) is 18.5 Å². The number of hydrogen-bond donors (Lipinski definition) is 1. The number of fused-ring (bicyclic) bond motifs is 1. The van der Waals surface area contributed by atoms with E-state index in [1.165, 1.54) is 12.3 Å². The molecule has 0 aliphatic heterocycles. The van der Waals surface area contributed by atoms with Gasteiger partial charge in [0.05, 0.1) is 34.7 Å². The smallest absolute Gasteiger partial charge is 0.418 e. The molecule has 228 valence electrons. The molecule has 0 unspecified atom stereocenters. The average Bonchev–Trinajstić information content (AvgIpc) is 3.76. The highest BCUT2D eigenvalue weighted by atomic mass is 28.4. The summed E-state index contributed by atoms with van der Waals surface area (Å²) in [4.78, 5) is 27.3. The fourth-order valence-corrected chi connectivity index (χ4v) is 7.31. The van der Waals surface area contributed by atoms with E-state index in [1.54, 1.807) is 6.07 Å². The van der Waals surface area contributed by atoms with Gasteiger partial charge in [-0.3, -0.25) is 0 Å². The molecule has 9 nitrogen and oxygen atoms in total. The molecule has 1 amide bonds. The van der Waals surface area contributed by atoms with Gasteiger partial charge in [0.2, 0.25) is 0 Å². The molecule has 2 aliphatic carbocycles. The molecule has 0 bridgehead atoms. The second-order valence-corrected chi connectivity index (χ2v) is 18.5. The third-order valence-electron chi connectivity index (χ3n) is 9.58. The van der Waals surface area contributed by atoms with E-state index in [0.29, 0.717) is 29.3 Å². The molecular formula is C34H40N6O3Si. The van der Waals surface area contributed by atoms with Crippen LogP contribution < -0.4 is 4.90 Å². The van der Waals surface area contributed by atoms with Gasteiger partial charge in [0.1, 0.15) is 11.6 Å². The second kappa shape index (κ2) is 11.5. The number of imidazole rings is 1. The average molecular weight is 609 g/mol. The first kappa shape index (κ1) is 30.0. The van der Waals surface area contributed by atoms with E-state index in [4.69, 9.17) is 14.4 Å². The van der Waals surface area contributed by atoms with Gasteiger partial charge in [-0.05, 0) is 105 Å². The number of aromatic nitrogens is 4. The van der Waals surface area contributed by atoms with Crippen molar-refractivity contribution in [3.8, 4) is 17.3 Å². The van der Waals surface area contributed by atoms with E-state index >= 15 is 0 Å². The van der Waals surface area contributed by atoms with Gasteiger partial charge in [-0.2, -0.15) is 5.26 Å². The van der Waals surface area contributed by atoms with Crippen molar-refractivity contribution < 1.29 is 14.3 Å². The van der Waals surface area contributed by atoms with Crippen molar-refractivity contribution in [1.82, 2.24) is 19.5 Å². The molecule has 1 N–H and O–H groups in total. The minimum atomic E-state index is -1.79. The van der Waals surface area contributed by atoms with Gasteiger partial charge >= 0.3 is 6.09 Å². The van der Waals surface area contributed by atoms with Gasteiger partial charge in [0, 0.05) is 23.9 Å². The lowest BCUT2D eigenvalue weighted by molar-refractivity contribution is 0.119. The van der Waals surface area contributed by atoms with Crippen LogP contribution in [0.15, 0.2) is 55.0 Å². The van der Waals surface area contributed by atoms with Crippen molar-refractivity contribution in [3.05, 3.63) is 66.1 Å². The topological polar surface area (TPSA) is 117 Å². The summed E-state index contributed by atoms with van der Waals surface area (Å²) in [5, 5.41) is 19.7. The summed E-state index contributed by atoms with van der Waals surface area (Å²) in [5.74, 6) is 0.784. The minimum absolute atomic E-state index is 0.140. The zero-order valence-corrected chi connectivity index (χ0v) is 27.1. The lowest BCUT2D eigenvalue weighted by Gasteiger charge is -2.41. The van der Waals surface area contributed by atoms with E-state index in [0.717, 1.165) is 65.6 Å². The van der Waals surface area contributed by atoms with Crippen LogP contribution in [-0.2, 0) is 4.43 Å². The predicted octanol–water partition coefficient (Wildman–Crippen LogP) is 8.56. The largest absolute Gasteiger partial charge is 0.464 e. The maximum Gasteiger partial charge on any atom is 0.418 e. The first-order chi connectivity index (χ1) is 20.9. The fourth-order valence-electron chi connectivity index (χ4n) is 5.89. The Morgan fingerprint density at radius 2 is 1.77 bits per heavy atom. The Hall–Kier alpha value is -4.07. The zero-order chi connectivity index (χ0) is 31.2. The molecule has 4 aromatic rings. The number of rotatable bonds is 7. The molecule has 3 heterocycles. The van der Waals surface area contributed by atoms with Crippen molar-refractivity contribution in [1.29, 1.82) is 5.26 Å². The molecule has 0 atom stereocenters. The fraction of sp³-hybridized carbons (Fsp3) is 0.441. The third-order valence-corrected chi connectivity index (χ3v) is 14.1. The van der Waals surface area contributed by atoms with Crippen LogP contribution in [0.25, 0.3) is 22.3 Å². The monoisotopic (exact) mass is 608 g/mol. The van der Waals surface area contributed by atoms with Crippen LogP contribution >= 0.6 is 0 Å². The highest BCUT2D eigenvalue weighted by Crippen LogP contribution is 2.43. The number of nitrogens with zero attached hydrogens (tertiary/aromatic N) is 6. The van der Waals surface area contributed by atoms with Crippen LogP contribution in [-0.4, -0.2) is 45.1 Å². The Bertz CT molecular complexity index is 1740. The predicted molar refractivity (Wildman–Crippen MR) is 174 cm³/mol. The highest BCUT2D eigenvalue weighted by molar-refractivity contribution is 6.74. The van der Waals surface area contributed by atoms with Crippen LogP contribution in [0, 0.1) is 11.3 Å². The summed E-state index contributed by atoms with van der Waals surface area (Å²) < 4.78 is 9.03. The van der Waals surface area contributed by atoms with Crippen LogP contribution in [0.4, 0.5) is 16.4 Å². The summed E-state index contributed by atoms with van der Waals surface area (Å²) >= 11 is 0. The molecule has 3 aromatic heterocycles. The van der Waals surface area contributed by atoms with Crippen LogP contribution in [0.5, 0.6) is 0 Å². The number of anilines is 2. The minimum Gasteiger partial charge on any atom is -0.464 e. The van der Waals surface area contributed by atoms with Gasteiger partial charge in [0.25, 0.3) is 0 Å². The Morgan fingerprint density at radius 3 is 2.43 bits per heavy atom. The van der Waals surface area contributed by atoms with Gasteiger partial charge in [-0.15, -0.1) is 0 Å². The number of amides is 1. The molecule has 2 aliphatic rings. The summed E-state index contributed by atoms with van der Waals surface area (Å²) in [7, 11) is -1.79. The molecule has 2 fully saturated rings. The van der Waals surface area contributed by atoms with E-state index in [-0.39, 0.29) is 16.7 Å². The third kappa shape index (κ3) is 5.99. The molecule has 10 heteroatoms. The normalized spacial score (nSPS) is 19.1. The molecular weight excluding hydrogens is 568 g/mol. The van der Waals surface area contributed by atoms with Gasteiger partial charge in [-0.25, -0.2) is 24.6 Å². The van der Waals surface area contributed by atoms with E-state index in [2.05, 4.69) is 67.7 Å². The standard InChI is InChI=1S/C34H40N6O3Si/c1-34(2,3)44(4,5)43-27-11-9-26(10-12-27)39-21-37-29-17-24(8-13-30(29)39)28-18-25(23-6-7-23)19-32(38-28)40(33(41)42)31-16-22(20-35)14-15-36-31/h8,13-19,21,23,26-27H,6-7,9-12H2,1-5H3,(H,41,42). The van der Waals surface area contributed by atoms with Crippen LogP contribution in [0.2, 0.25) is 18.1 Å². The maximum absolute atomic E-state index is 12.4. The lowest BCUT2D eigenvalue weighted by atomic mass is 9.93. The molecule has 6 rings (SSSR count). The summed E-state index contributed by atoms with van der Waals surface area (Å²) in [6.45, 7) is 11.6. The van der Waals surface area contributed by atoms with E-state index < -0.39 is 14.4 Å². The lowest BCUT2D eigenvalue weighted by Crippen LogP contribution is -2.44. The Kier molecular flexibility index (Phi) is 7.80. The number of hydrogen-bond acceptors (Lipinski definition) is 6. The van der Waals surface area contributed by atoms with Gasteiger partial charge < -0.3 is 14.1 Å². The quantitative estimate of drug-likeness (QED) is 0.209. The first-order valence-corrected chi connectivity index (χ1v) is 18.4. The summed E-state index contributed by atoms with van der Waals surface area (Å²) in [6, 6.07) is 15.5. The number of benzene rings is 1. The summed E-state index contributed by atoms with van der Waals surface area (Å²) in [6.07, 6.45) is 8.87. The summed E-state index contributed by atoms with van der Waals surface area (Å²) in [5.41, 5.74) is 4.92. The molecule has 0 spiro atoms. The van der Waals surface area contributed by atoms with E-state index in [9.17, 15) is 15.2 Å². The second-order valence-electron chi connectivity index (χ2n) is 13.7. The van der Waals surface area contributed by atoms with Crippen LogP contribution in [0.1, 0.15) is 82.4 Å². The molecule has 0 radical (unpaired) electrons. The van der Waals surface area contributed by atoms with Crippen molar-refractivity contribution in [3.63, 3.8) is 0 Å². The zero-order valence-electron chi connectivity index (χ0n) is 26.1. The van der Waals surface area contributed by atoms with Crippen LogP contribution in [0.3, 0.4) is 0 Å². The molecule has 0 saturated heterocycles. The van der Waals surface area contributed by atoms with Crippen molar-refractivity contribution in [2.45, 2.75) is 95.5 Å². The first-order valence-electron chi connectivity index (χ1n) is 15.5. The highest BCUT2D eigenvalue weighted by Gasteiger charge is 2.40. The number of carbonyl (C=O) groups is 1. The molecule has 2 saturated carbocycles. The Morgan fingerprint density at radius 1 is 1.02 bits per heavy atom. The number of carboxylic acid groups (broad SMARTS) is 1. The van der Waals surface area contributed by atoms with Crippen molar-refractivity contribution in [2.75, 3.05) is 4.90 Å².